The summed E-state index contributed by atoms with van der Waals surface area (Å²) >= 11 is 0. The van der Waals surface area contributed by atoms with Crippen LogP contribution in [0.4, 0.5) is 0 Å². The Morgan fingerprint density at radius 3 is 2.14 bits per heavy atom. The lowest BCUT2D eigenvalue weighted by atomic mass is 10.2. The van der Waals surface area contributed by atoms with Crippen molar-refractivity contribution in [1.29, 1.82) is 0 Å². The zero-order valence-corrected chi connectivity index (χ0v) is 14.0. The van der Waals surface area contributed by atoms with E-state index in [1.807, 2.05) is 0 Å². The van der Waals surface area contributed by atoms with Crippen molar-refractivity contribution in [2.24, 2.45) is 0 Å². The highest BCUT2D eigenvalue weighted by molar-refractivity contribution is 7.91. The van der Waals surface area contributed by atoms with E-state index in [4.69, 9.17) is 9.79 Å². The van der Waals surface area contributed by atoms with E-state index in [1.54, 1.807) is 19.1 Å². The van der Waals surface area contributed by atoms with Crippen LogP contribution < -0.4 is 0 Å². The monoisotopic (exact) mass is 358 g/mol. The maximum absolute atomic E-state index is 11.9. The molecule has 1 aromatic carbocycles. The molecule has 21 heavy (non-hydrogen) atoms. The maximum Gasteiger partial charge on any atom is 0.479 e. The average molecular weight is 358 g/mol. The molecular weight excluding hydrogens is 342 g/mol. The molecule has 0 radical (unpaired) electrons. The molecule has 0 aromatic heterocycles. The minimum absolute atomic E-state index is 0.0497. The van der Waals surface area contributed by atoms with Crippen LogP contribution in [0.2, 0.25) is 0 Å². The molecule has 0 saturated carbocycles. The van der Waals surface area contributed by atoms with Crippen molar-refractivity contribution in [2.75, 3.05) is 19.0 Å². The predicted molar refractivity (Wildman–Crippen MR) is 75.8 cm³/mol. The van der Waals surface area contributed by atoms with Crippen molar-refractivity contribution in [3.63, 3.8) is 0 Å². The fraction of sp³-hybridized carbons (Fsp3) is 0.400. The molecule has 8 nitrogen and oxygen atoms in total. The summed E-state index contributed by atoms with van der Waals surface area (Å²) in [6, 6.07) is 6.06. The number of hydrogen-bond acceptors (Lipinski definition) is 6. The molecule has 2 N–H and O–H groups in total. The van der Waals surface area contributed by atoms with Gasteiger partial charge in [0.25, 0.3) is 0 Å². The van der Waals surface area contributed by atoms with Gasteiger partial charge in [0, 0.05) is 6.66 Å². The minimum atomic E-state index is -4.78. The van der Waals surface area contributed by atoms with Crippen molar-refractivity contribution < 1.29 is 36.2 Å². The summed E-state index contributed by atoms with van der Waals surface area (Å²) in [5.74, 6) is -0.566. The fourth-order valence-corrected chi connectivity index (χ4v) is 4.60. The third-order valence-corrected chi connectivity index (χ3v) is 6.48. The largest absolute Gasteiger partial charge is 0.479 e. The van der Waals surface area contributed by atoms with Crippen molar-refractivity contribution in [3.8, 4) is 0 Å². The third kappa shape index (κ3) is 6.84. The van der Waals surface area contributed by atoms with Gasteiger partial charge in [0.1, 0.15) is 0 Å². The lowest BCUT2D eigenvalue weighted by Crippen LogP contribution is -2.12. The van der Waals surface area contributed by atoms with Crippen molar-refractivity contribution in [3.05, 3.63) is 29.8 Å². The van der Waals surface area contributed by atoms with Crippen LogP contribution in [-0.4, -0.2) is 37.2 Å². The van der Waals surface area contributed by atoms with Crippen LogP contribution >= 0.6 is 15.4 Å². The normalized spacial score (nSPS) is 17.9. The Kier molecular flexibility index (Phi) is 5.91. The van der Waals surface area contributed by atoms with Gasteiger partial charge >= 0.3 is 15.4 Å². The Hall–Kier alpha value is -0.530. The summed E-state index contributed by atoms with van der Waals surface area (Å²) in [5.41, 5.74) is 0.889. The Bertz CT molecular complexity index is 676. The first-order valence-corrected chi connectivity index (χ1v) is 10.9. The summed E-state index contributed by atoms with van der Waals surface area (Å²) in [5, 5.41) is 0. The van der Waals surface area contributed by atoms with Crippen LogP contribution in [0.5, 0.6) is 0 Å². The Balaban J connectivity index is 2.65. The van der Waals surface area contributed by atoms with Gasteiger partial charge in [0.2, 0.25) is 0 Å². The molecule has 1 rings (SSSR count). The predicted octanol–water partition coefficient (Wildman–Crippen LogP) is 1.72. The van der Waals surface area contributed by atoms with Gasteiger partial charge in [-0.05, 0) is 19.1 Å². The topological polar surface area (TPSA) is 127 Å². The minimum Gasteiger partial charge on any atom is -0.324 e. The summed E-state index contributed by atoms with van der Waals surface area (Å²) in [7, 11) is -12.7. The second-order valence-corrected chi connectivity index (χ2v) is 9.88. The first kappa shape index (κ1) is 18.5. The molecule has 0 saturated heterocycles. The summed E-state index contributed by atoms with van der Waals surface area (Å²) in [4.78, 5) is 18.0. The first-order valence-electron chi connectivity index (χ1n) is 5.70. The van der Waals surface area contributed by atoms with Gasteiger partial charge in [-0.15, -0.1) is 0 Å². The quantitative estimate of drug-likeness (QED) is 0.705. The molecule has 11 heteroatoms. The van der Waals surface area contributed by atoms with E-state index in [-0.39, 0.29) is 4.90 Å². The van der Waals surface area contributed by atoms with Crippen molar-refractivity contribution >= 4 is 25.3 Å². The van der Waals surface area contributed by atoms with E-state index in [9.17, 15) is 17.5 Å². The number of phosphoric acid groups is 1. The Labute approximate surface area is 122 Å². The highest BCUT2D eigenvalue weighted by Crippen LogP contribution is 2.57. The van der Waals surface area contributed by atoms with E-state index in [0.717, 1.165) is 5.56 Å². The number of hydrogen-bond donors (Lipinski definition) is 2. The van der Waals surface area contributed by atoms with Crippen LogP contribution in [-0.2, 0) is 27.8 Å². The number of rotatable bonds is 7. The molecule has 2 atom stereocenters. The number of sulfone groups is 1. The van der Waals surface area contributed by atoms with E-state index < -0.39 is 37.6 Å². The second kappa shape index (κ2) is 6.71. The van der Waals surface area contributed by atoms with E-state index in [1.165, 1.54) is 12.1 Å². The Morgan fingerprint density at radius 1 is 1.14 bits per heavy atom. The molecule has 0 aliphatic heterocycles. The standard InChI is InChI=1S/C10H16O8P2S/c1-9-3-5-10(6-4-9)21(15,16)8-7-17-20(13,14)18-19(2,11)12/h3-6H,7-8H2,1-2H3,(H,11,12)(H,13,14). The molecule has 0 bridgehead atoms. The molecule has 120 valence electrons. The van der Waals surface area contributed by atoms with E-state index >= 15 is 0 Å². The first-order chi connectivity index (χ1) is 9.41. The molecule has 0 amide bonds. The molecule has 0 fully saturated rings. The highest BCUT2D eigenvalue weighted by Gasteiger charge is 2.30. The van der Waals surface area contributed by atoms with Gasteiger partial charge < -0.3 is 9.79 Å². The van der Waals surface area contributed by atoms with Gasteiger partial charge in [0.15, 0.2) is 9.84 Å². The van der Waals surface area contributed by atoms with Crippen LogP contribution in [0, 0.1) is 6.92 Å². The van der Waals surface area contributed by atoms with E-state index in [0.29, 0.717) is 6.66 Å². The summed E-state index contributed by atoms with van der Waals surface area (Å²) < 4.78 is 54.3. The number of benzene rings is 1. The number of phosphoric ester groups is 1. The van der Waals surface area contributed by atoms with Gasteiger partial charge in [-0.1, -0.05) is 17.7 Å². The highest BCUT2D eigenvalue weighted by atomic mass is 32.2. The molecular formula is C10H16O8P2S. The summed E-state index contributed by atoms with van der Waals surface area (Å²) in [6.45, 7) is 1.86. The smallest absolute Gasteiger partial charge is 0.324 e. The van der Waals surface area contributed by atoms with Crippen molar-refractivity contribution in [1.82, 2.24) is 0 Å². The zero-order chi connectivity index (χ0) is 16.3. The molecule has 2 unspecified atom stereocenters. The van der Waals surface area contributed by atoms with Gasteiger partial charge in [-0.3, -0.25) is 9.09 Å². The van der Waals surface area contributed by atoms with Gasteiger partial charge in [-0.25, -0.2) is 17.3 Å². The molecule has 1 aromatic rings. The van der Waals surface area contributed by atoms with Gasteiger partial charge in [0.05, 0.1) is 17.3 Å². The van der Waals surface area contributed by atoms with Crippen LogP contribution in [0.25, 0.3) is 0 Å². The second-order valence-electron chi connectivity index (χ2n) is 4.32. The van der Waals surface area contributed by atoms with Crippen molar-refractivity contribution in [2.45, 2.75) is 11.8 Å². The summed E-state index contributed by atoms with van der Waals surface area (Å²) in [6.07, 6.45) is 0. The Morgan fingerprint density at radius 2 is 1.67 bits per heavy atom. The molecule has 0 heterocycles. The SMILES string of the molecule is Cc1ccc(S(=O)(=O)CCOP(=O)(O)OP(C)(=O)O)cc1. The fourth-order valence-electron chi connectivity index (χ4n) is 1.34. The van der Waals surface area contributed by atoms with Gasteiger partial charge in [-0.2, -0.15) is 0 Å². The lowest BCUT2D eigenvalue weighted by Gasteiger charge is -2.13. The maximum atomic E-state index is 11.9. The van der Waals surface area contributed by atoms with E-state index in [2.05, 4.69) is 8.83 Å². The number of aryl methyl sites for hydroxylation is 1. The third-order valence-electron chi connectivity index (χ3n) is 2.24. The van der Waals surface area contributed by atoms with Crippen LogP contribution in [0.3, 0.4) is 0 Å². The van der Waals surface area contributed by atoms with Crippen LogP contribution in [0.15, 0.2) is 29.2 Å². The average Bonchev–Trinajstić information content (AvgIpc) is 2.25. The van der Waals surface area contributed by atoms with Crippen LogP contribution in [0.1, 0.15) is 5.56 Å². The lowest BCUT2D eigenvalue weighted by molar-refractivity contribution is 0.206. The molecule has 0 spiro atoms. The zero-order valence-electron chi connectivity index (χ0n) is 11.4. The molecule has 0 aliphatic rings. The molecule has 0 aliphatic carbocycles.